The molecule has 0 unspecified atom stereocenters. The third kappa shape index (κ3) is 3.38. The second kappa shape index (κ2) is 5.92. The molecule has 3 aromatic rings. The van der Waals surface area contributed by atoms with Gasteiger partial charge >= 0.3 is 0 Å². The van der Waals surface area contributed by atoms with Crippen LogP contribution < -0.4 is 5.73 Å². The molecule has 0 bridgehead atoms. The summed E-state index contributed by atoms with van der Waals surface area (Å²) in [6.45, 7) is 0. The van der Waals surface area contributed by atoms with Gasteiger partial charge in [-0.05, 0) is 36.4 Å². The number of hydrogen-bond acceptors (Lipinski definition) is 6. The standard InChI is InChI=1S/C14H11FN4OS/c15-10-3-1-9(2-4-10)14-18-13(19-20-14)8-21-11-5-6-12(16)17-7-11/h1-7H,8H2,(H2,16,17). The van der Waals surface area contributed by atoms with Crippen LogP contribution >= 0.6 is 11.8 Å². The summed E-state index contributed by atoms with van der Waals surface area (Å²) in [5, 5.41) is 3.90. The molecule has 1 aromatic carbocycles. The van der Waals surface area contributed by atoms with Crippen LogP contribution in [0.2, 0.25) is 0 Å². The third-order valence-electron chi connectivity index (χ3n) is 2.69. The van der Waals surface area contributed by atoms with E-state index in [-0.39, 0.29) is 5.82 Å². The molecule has 0 aliphatic heterocycles. The molecule has 0 spiro atoms. The van der Waals surface area contributed by atoms with E-state index in [1.54, 1.807) is 24.4 Å². The van der Waals surface area contributed by atoms with Gasteiger partial charge in [-0.3, -0.25) is 0 Å². The Hall–Kier alpha value is -2.41. The normalized spacial score (nSPS) is 10.7. The molecule has 0 fully saturated rings. The highest BCUT2D eigenvalue weighted by Gasteiger charge is 2.09. The molecule has 21 heavy (non-hydrogen) atoms. The summed E-state index contributed by atoms with van der Waals surface area (Å²) in [5.41, 5.74) is 6.21. The molecule has 0 saturated carbocycles. The fourth-order valence-electron chi connectivity index (χ4n) is 1.65. The first kappa shape index (κ1) is 13.6. The van der Waals surface area contributed by atoms with Crippen LogP contribution in [0, 0.1) is 5.82 Å². The molecule has 2 aromatic heterocycles. The number of nitrogens with two attached hydrogens (primary N) is 1. The summed E-state index contributed by atoms with van der Waals surface area (Å²) in [6.07, 6.45) is 1.70. The molecule has 0 atom stereocenters. The number of aromatic nitrogens is 3. The maximum absolute atomic E-state index is 12.9. The van der Waals surface area contributed by atoms with Gasteiger partial charge in [-0.15, -0.1) is 11.8 Å². The number of nitrogen functional groups attached to an aromatic ring is 1. The van der Waals surface area contributed by atoms with E-state index in [1.165, 1.54) is 23.9 Å². The summed E-state index contributed by atoms with van der Waals surface area (Å²) < 4.78 is 18.0. The Bertz CT molecular complexity index is 727. The minimum Gasteiger partial charge on any atom is -0.384 e. The Labute approximate surface area is 124 Å². The van der Waals surface area contributed by atoms with E-state index in [0.29, 0.717) is 28.8 Å². The third-order valence-corrected chi connectivity index (χ3v) is 3.66. The van der Waals surface area contributed by atoms with Gasteiger partial charge in [0, 0.05) is 16.7 Å². The lowest BCUT2D eigenvalue weighted by Gasteiger charge is -1.97. The molecule has 0 saturated heterocycles. The van der Waals surface area contributed by atoms with Crippen molar-refractivity contribution < 1.29 is 8.91 Å². The zero-order chi connectivity index (χ0) is 14.7. The Balaban J connectivity index is 1.67. The Kier molecular flexibility index (Phi) is 3.83. The number of anilines is 1. The Morgan fingerprint density at radius 1 is 1.14 bits per heavy atom. The smallest absolute Gasteiger partial charge is 0.257 e. The van der Waals surface area contributed by atoms with Gasteiger partial charge in [0.25, 0.3) is 5.89 Å². The van der Waals surface area contributed by atoms with Crippen LogP contribution in [0.1, 0.15) is 5.82 Å². The van der Waals surface area contributed by atoms with E-state index in [0.717, 1.165) is 4.90 Å². The van der Waals surface area contributed by atoms with Crippen molar-refractivity contribution in [2.75, 3.05) is 5.73 Å². The van der Waals surface area contributed by atoms with Crippen LogP contribution in [0.25, 0.3) is 11.5 Å². The SMILES string of the molecule is Nc1ccc(SCc2noc(-c3ccc(F)cc3)n2)cn1. The highest BCUT2D eigenvalue weighted by atomic mass is 32.2. The number of halogens is 1. The van der Waals surface area contributed by atoms with Crippen LogP contribution in [0.3, 0.4) is 0 Å². The number of rotatable bonds is 4. The van der Waals surface area contributed by atoms with E-state index in [2.05, 4.69) is 15.1 Å². The van der Waals surface area contributed by atoms with E-state index >= 15 is 0 Å². The maximum Gasteiger partial charge on any atom is 0.257 e. The van der Waals surface area contributed by atoms with Crippen LogP contribution in [0.15, 0.2) is 52.0 Å². The molecule has 0 aliphatic rings. The Morgan fingerprint density at radius 2 is 1.95 bits per heavy atom. The number of hydrogen-bond donors (Lipinski definition) is 1. The average Bonchev–Trinajstić information content (AvgIpc) is 2.96. The number of benzene rings is 1. The quantitative estimate of drug-likeness (QED) is 0.746. The van der Waals surface area contributed by atoms with Crippen molar-refractivity contribution in [3.05, 3.63) is 54.2 Å². The first-order chi connectivity index (χ1) is 10.2. The minimum atomic E-state index is -0.301. The fraction of sp³-hybridized carbons (Fsp3) is 0.0714. The molecule has 2 N–H and O–H groups in total. The van der Waals surface area contributed by atoms with Crippen molar-refractivity contribution in [2.45, 2.75) is 10.6 Å². The zero-order valence-corrected chi connectivity index (χ0v) is 11.7. The predicted octanol–water partition coefficient (Wildman–Crippen LogP) is 3.15. The molecule has 106 valence electrons. The first-order valence-electron chi connectivity index (χ1n) is 6.13. The van der Waals surface area contributed by atoms with E-state index < -0.39 is 0 Å². The predicted molar refractivity (Wildman–Crippen MR) is 77.9 cm³/mol. The second-order valence-electron chi connectivity index (χ2n) is 4.23. The molecular formula is C14H11FN4OS. The van der Waals surface area contributed by atoms with Gasteiger partial charge in [0.2, 0.25) is 0 Å². The highest BCUT2D eigenvalue weighted by Crippen LogP contribution is 2.23. The van der Waals surface area contributed by atoms with Crippen molar-refractivity contribution in [3.63, 3.8) is 0 Å². The molecule has 2 heterocycles. The molecule has 3 rings (SSSR count). The topological polar surface area (TPSA) is 77.8 Å². The van der Waals surface area contributed by atoms with Crippen molar-refractivity contribution in [3.8, 4) is 11.5 Å². The summed E-state index contributed by atoms with van der Waals surface area (Å²) in [4.78, 5) is 9.26. The first-order valence-corrected chi connectivity index (χ1v) is 7.12. The monoisotopic (exact) mass is 302 g/mol. The van der Waals surface area contributed by atoms with Crippen LogP contribution in [-0.2, 0) is 5.75 Å². The lowest BCUT2D eigenvalue weighted by atomic mass is 10.2. The Morgan fingerprint density at radius 3 is 2.67 bits per heavy atom. The van der Waals surface area contributed by atoms with Gasteiger partial charge < -0.3 is 10.3 Å². The van der Waals surface area contributed by atoms with Crippen LogP contribution in [-0.4, -0.2) is 15.1 Å². The van der Waals surface area contributed by atoms with Crippen molar-refractivity contribution in [1.82, 2.24) is 15.1 Å². The van der Waals surface area contributed by atoms with E-state index in [9.17, 15) is 4.39 Å². The minimum absolute atomic E-state index is 0.301. The van der Waals surface area contributed by atoms with Gasteiger partial charge in [-0.2, -0.15) is 4.98 Å². The van der Waals surface area contributed by atoms with Crippen molar-refractivity contribution >= 4 is 17.6 Å². The van der Waals surface area contributed by atoms with Crippen LogP contribution in [0.4, 0.5) is 10.2 Å². The average molecular weight is 302 g/mol. The molecule has 0 radical (unpaired) electrons. The second-order valence-corrected chi connectivity index (χ2v) is 5.28. The molecule has 0 aliphatic carbocycles. The summed E-state index contributed by atoms with van der Waals surface area (Å²) >= 11 is 1.53. The number of nitrogens with zero attached hydrogens (tertiary/aromatic N) is 3. The van der Waals surface area contributed by atoms with E-state index in [4.69, 9.17) is 10.3 Å². The maximum atomic E-state index is 12.9. The lowest BCUT2D eigenvalue weighted by Crippen LogP contribution is -1.89. The highest BCUT2D eigenvalue weighted by molar-refractivity contribution is 7.98. The summed E-state index contributed by atoms with van der Waals surface area (Å²) in [6, 6.07) is 9.53. The lowest BCUT2D eigenvalue weighted by molar-refractivity contribution is 0.425. The van der Waals surface area contributed by atoms with Gasteiger partial charge in [0.05, 0.1) is 5.75 Å². The van der Waals surface area contributed by atoms with Gasteiger partial charge in [-0.1, -0.05) is 5.16 Å². The number of thioether (sulfide) groups is 1. The zero-order valence-electron chi connectivity index (χ0n) is 10.9. The van der Waals surface area contributed by atoms with Gasteiger partial charge in [-0.25, -0.2) is 9.37 Å². The fourth-order valence-corrected chi connectivity index (χ4v) is 2.35. The summed E-state index contributed by atoms with van der Waals surface area (Å²) in [7, 11) is 0. The van der Waals surface area contributed by atoms with Crippen molar-refractivity contribution in [2.24, 2.45) is 0 Å². The van der Waals surface area contributed by atoms with E-state index in [1.807, 2.05) is 6.07 Å². The van der Waals surface area contributed by atoms with Gasteiger partial charge in [0.1, 0.15) is 11.6 Å². The largest absolute Gasteiger partial charge is 0.384 e. The van der Waals surface area contributed by atoms with Gasteiger partial charge in [0.15, 0.2) is 5.82 Å². The molecular weight excluding hydrogens is 291 g/mol. The molecule has 5 nitrogen and oxygen atoms in total. The number of pyridine rings is 1. The molecule has 7 heteroatoms. The summed E-state index contributed by atoms with van der Waals surface area (Å²) in [5.74, 6) is 1.68. The van der Waals surface area contributed by atoms with Crippen LogP contribution in [0.5, 0.6) is 0 Å². The van der Waals surface area contributed by atoms with Crippen molar-refractivity contribution in [1.29, 1.82) is 0 Å². The molecule has 0 amide bonds.